The van der Waals surface area contributed by atoms with E-state index in [1.807, 2.05) is 52.0 Å². The average Bonchev–Trinajstić information content (AvgIpc) is 3.48. The second kappa shape index (κ2) is 11.6. The normalized spacial score (nSPS) is 26.2. The van der Waals surface area contributed by atoms with E-state index >= 15 is 0 Å². The Morgan fingerprint density at radius 2 is 1.74 bits per heavy atom. The van der Waals surface area contributed by atoms with Crippen molar-refractivity contribution in [1.29, 1.82) is 0 Å². The third kappa shape index (κ3) is 6.18. The molecule has 1 aliphatic heterocycles. The van der Waals surface area contributed by atoms with Crippen LogP contribution in [0.15, 0.2) is 60.9 Å². The zero-order chi connectivity index (χ0) is 29.5. The minimum absolute atomic E-state index is 0.100. The Morgan fingerprint density at radius 1 is 1.02 bits per heavy atom. The molecule has 3 aliphatic rings. The summed E-state index contributed by atoms with van der Waals surface area (Å²) in [6, 6.07) is 18.8. The van der Waals surface area contributed by atoms with Gasteiger partial charge in [-0.1, -0.05) is 51.1 Å². The van der Waals surface area contributed by atoms with Crippen molar-refractivity contribution in [3.05, 3.63) is 72.1 Å². The van der Waals surface area contributed by atoms with Crippen molar-refractivity contribution in [3.63, 3.8) is 0 Å². The van der Waals surface area contributed by atoms with Crippen molar-refractivity contribution in [2.75, 3.05) is 19.7 Å². The number of likely N-dealkylation sites (tertiary alicyclic amines) is 1. The smallest absolute Gasteiger partial charge is 0.253 e. The third-order valence-electron chi connectivity index (χ3n) is 10.3. The Bertz CT molecular complexity index is 1330. The molecule has 3 aromatic rings. The summed E-state index contributed by atoms with van der Waals surface area (Å²) in [5, 5.41) is 11.7. The maximum atomic E-state index is 13.2. The Balaban J connectivity index is 1.03. The van der Waals surface area contributed by atoms with Gasteiger partial charge in [-0.2, -0.15) is 0 Å². The lowest BCUT2D eigenvalue weighted by molar-refractivity contribution is 0.0665. The molecule has 3 fully saturated rings. The van der Waals surface area contributed by atoms with E-state index in [4.69, 9.17) is 9.16 Å². The Morgan fingerprint density at radius 3 is 2.38 bits per heavy atom. The van der Waals surface area contributed by atoms with Gasteiger partial charge >= 0.3 is 0 Å². The van der Waals surface area contributed by atoms with Gasteiger partial charge in [0.2, 0.25) is 0 Å². The maximum Gasteiger partial charge on any atom is 0.253 e. The number of ether oxygens (including phenoxy) is 1. The Labute approximate surface area is 250 Å². The molecule has 6 rings (SSSR count). The molecule has 2 aliphatic carbocycles. The molecule has 2 aromatic carbocycles. The van der Waals surface area contributed by atoms with E-state index in [1.54, 1.807) is 6.33 Å². The molecule has 42 heavy (non-hydrogen) atoms. The van der Waals surface area contributed by atoms with E-state index in [9.17, 15) is 4.79 Å². The number of fused-ring (bicyclic) bond motifs is 1. The quantitative estimate of drug-likeness (QED) is 0.269. The summed E-state index contributed by atoms with van der Waals surface area (Å²) < 4.78 is 15.1. The van der Waals surface area contributed by atoms with Crippen molar-refractivity contribution in [3.8, 4) is 5.75 Å². The summed E-state index contributed by atoms with van der Waals surface area (Å²) in [5.74, 6) is 3.09. The molecule has 0 N–H and O–H groups in total. The molecule has 2 saturated carbocycles. The second-order valence-electron chi connectivity index (χ2n) is 14.2. The largest absolute Gasteiger partial charge is 0.491 e. The predicted octanol–water partition coefficient (Wildman–Crippen LogP) is 6.04. The zero-order valence-electron chi connectivity index (χ0n) is 25.6. The van der Waals surface area contributed by atoms with Crippen LogP contribution in [0, 0.1) is 23.7 Å². The SMILES string of the molecule is CC(C)(C)[Si](C)(C)O[C@H](COc1ccccc1)[C@H]1CCC(Cc2ccc(C(=O)N3C[C@@H]4C(n5cnnn5)[C@@H]4C3)cc2)C1. The van der Waals surface area contributed by atoms with E-state index in [2.05, 4.69) is 61.5 Å². The van der Waals surface area contributed by atoms with Gasteiger partial charge in [-0.25, -0.2) is 4.68 Å². The lowest BCUT2D eigenvalue weighted by Gasteiger charge is -2.41. The van der Waals surface area contributed by atoms with Gasteiger partial charge in [0.15, 0.2) is 8.32 Å². The standard InChI is InChI=1S/C33H45N5O3Si/c1-33(2,3)42(4,5)41-30(21-40-27-9-7-6-8-10-27)26-16-13-24(18-26)17-23-11-14-25(15-12-23)32(39)37-19-28-29(20-37)31(28)38-22-34-35-36-38/h6-12,14-15,22,24,26,28-31H,13,16-21H2,1-5H3/t24?,26-,28-,29+,30+,31?/m0/s1. The molecule has 8 nitrogen and oxygen atoms in total. The summed E-state index contributed by atoms with van der Waals surface area (Å²) in [4.78, 5) is 15.2. The predicted molar refractivity (Wildman–Crippen MR) is 165 cm³/mol. The molecule has 0 bridgehead atoms. The van der Waals surface area contributed by atoms with Gasteiger partial charge in [0.05, 0.1) is 12.1 Å². The average molecular weight is 588 g/mol. The van der Waals surface area contributed by atoms with Gasteiger partial charge in [0.1, 0.15) is 18.7 Å². The van der Waals surface area contributed by atoms with Crippen LogP contribution in [0.1, 0.15) is 62.0 Å². The van der Waals surface area contributed by atoms with Crippen LogP contribution in [0.25, 0.3) is 0 Å². The van der Waals surface area contributed by atoms with Crippen molar-refractivity contribution in [1.82, 2.24) is 25.1 Å². The van der Waals surface area contributed by atoms with E-state index < -0.39 is 8.32 Å². The minimum Gasteiger partial charge on any atom is -0.491 e. The fraction of sp³-hybridized carbons (Fsp3) is 0.576. The first-order valence-electron chi connectivity index (χ1n) is 15.6. The first-order valence-corrected chi connectivity index (χ1v) is 18.5. The number of para-hydroxylation sites is 1. The molecule has 2 heterocycles. The van der Waals surface area contributed by atoms with Gasteiger partial charge in [0.25, 0.3) is 5.91 Å². The van der Waals surface area contributed by atoms with Crippen LogP contribution in [0.5, 0.6) is 5.75 Å². The highest BCUT2D eigenvalue weighted by atomic mass is 28.4. The topological polar surface area (TPSA) is 82.4 Å². The van der Waals surface area contributed by atoms with Crippen LogP contribution < -0.4 is 4.74 Å². The fourth-order valence-corrected chi connectivity index (χ4v) is 8.18. The first kappa shape index (κ1) is 29.0. The van der Waals surface area contributed by atoms with Crippen molar-refractivity contribution in [2.45, 2.75) is 76.7 Å². The first-order chi connectivity index (χ1) is 20.1. The molecule has 1 aromatic heterocycles. The fourth-order valence-electron chi connectivity index (χ4n) is 6.81. The molecule has 0 spiro atoms. The third-order valence-corrected chi connectivity index (χ3v) is 14.9. The molecule has 0 radical (unpaired) electrons. The zero-order valence-corrected chi connectivity index (χ0v) is 26.6. The van der Waals surface area contributed by atoms with E-state index in [0.29, 0.717) is 36.3 Å². The number of hydrogen-bond donors (Lipinski definition) is 0. The summed E-state index contributed by atoms with van der Waals surface area (Å²) >= 11 is 0. The van der Waals surface area contributed by atoms with E-state index in [0.717, 1.165) is 37.2 Å². The number of nitrogens with zero attached hydrogens (tertiary/aromatic N) is 5. The molecule has 9 heteroatoms. The summed E-state index contributed by atoms with van der Waals surface area (Å²) in [6.07, 6.45) is 6.34. The summed E-state index contributed by atoms with van der Waals surface area (Å²) in [5.41, 5.74) is 2.09. The molecule has 224 valence electrons. The molecular weight excluding hydrogens is 542 g/mol. The summed E-state index contributed by atoms with van der Waals surface area (Å²) in [6.45, 7) is 13.8. The van der Waals surface area contributed by atoms with Crippen molar-refractivity contribution in [2.24, 2.45) is 23.7 Å². The van der Waals surface area contributed by atoms with Gasteiger partial charge in [-0.05, 0) is 95.9 Å². The number of tetrazole rings is 1. The van der Waals surface area contributed by atoms with E-state index in [-0.39, 0.29) is 17.0 Å². The number of carbonyl (C=O) groups is 1. The summed E-state index contributed by atoms with van der Waals surface area (Å²) in [7, 11) is -1.94. The van der Waals surface area contributed by atoms with Crippen LogP contribution in [0.2, 0.25) is 18.1 Å². The van der Waals surface area contributed by atoms with Gasteiger partial charge in [-0.3, -0.25) is 4.79 Å². The van der Waals surface area contributed by atoms with Gasteiger partial charge < -0.3 is 14.1 Å². The van der Waals surface area contributed by atoms with Crippen molar-refractivity contribution < 1.29 is 14.0 Å². The number of hydrogen-bond acceptors (Lipinski definition) is 6. The maximum absolute atomic E-state index is 13.2. The van der Waals surface area contributed by atoms with Gasteiger partial charge in [0, 0.05) is 30.5 Å². The number of rotatable bonds is 10. The van der Waals surface area contributed by atoms with Crippen molar-refractivity contribution >= 4 is 14.2 Å². The number of aromatic nitrogens is 4. The number of benzene rings is 2. The molecular formula is C33H45N5O3Si. The molecule has 1 saturated heterocycles. The second-order valence-corrected chi connectivity index (χ2v) is 19.0. The monoisotopic (exact) mass is 587 g/mol. The number of carbonyl (C=O) groups excluding carboxylic acids is 1. The Kier molecular flexibility index (Phi) is 8.00. The number of amides is 1. The lowest BCUT2D eigenvalue weighted by atomic mass is 9.94. The van der Waals surface area contributed by atoms with Crippen LogP contribution in [0.4, 0.5) is 0 Å². The lowest BCUT2D eigenvalue weighted by Crippen LogP contribution is -2.47. The highest BCUT2D eigenvalue weighted by Crippen LogP contribution is 2.54. The van der Waals surface area contributed by atoms with Crippen LogP contribution in [-0.2, 0) is 10.8 Å². The van der Waals surface area contributed by atoms with Crippen LogP contribution >= 0.6 is 0 Å². The number of piperidine rings is 1. The minimum atomic E-state index is -1.94. The van der Waals surface area contributed by atoms with Crippen LogP contribution in [0.3, 0.4) is 0 Å². The molecule has 2 unspecified atom stereocenters. The Hall–Kier alpha value is -3.04. The highest BCUT2D eigenvalue weighted by molar-refractivity contribution is 6.74. The molecule has 6 atom stereocenters. The van der Waals surface area contributed by atoms with Gasteiger partial charge in [-0.15, -0.1) is 5.10 Å². The highest BCUT2D eigenvalue weighted by Gasteiger charge is 2.58. The van der Waals surface area contributed by atoms with E-state index in [1.165, 1.54) is 18.4 Å². The molecule has 1 amide bonds. The van der Waals surface area contributed by atoms with Crippen LogP contribution in [-0.4, -0.2) is 65.1 Å².